The van der Waals surface area contributed by atoms with Gasteiger partial charge in [0.2, 0.25) is 5.89 Å². The van der Waals surface area contributed by atoms with E-state index >= 15 is 0 Å². The van der Waals surface area contributed by atoms with Crippen LogP contribution in [0.25, 0.3) is 23.5 Å². The van der Waals surface area contributed by atoms with Crippen molar-refractivity contribution in [3.05, 3.63) is 107 Å². The largest absolute Gasteiger partial charge is 0.437 e. The molecule has 2 fully saturated rings. The van der Waals surface area contributed by atoms with Gasteiger partial charge in [-0.2, -0.15) is 0 Å². The van der Waals surface area contributed by atoms with Crippen LogP contribution >= 0.6 is 0 Å². The van der Waals surface area contributed by atoms with Gasteiger partial charge in [-0.25, -0.2) is 9.98 Å². The summed E-state index contributed by atoms with van der Waals surface area (Å²) in [6.07, 6.45) is 23.1. The molecule has 1 saturated heterocycles. The van der Waals surface area contributed by atoms with E-state index in [1.807, 2.05) is 86.7 Å². The average Bonchev–Trinajstić information content (AvgIpc) is 3.33. The summed E-state index contributed by atoms with van der Waals surface area (Å²) < 4.78 is 6.36. The Bertz CT molecular complexity index is 1930. The van der Waals surface area contributed by atoms with Crippen LogP contribution in [-0.4, -0.2) is 37.7 Å². The van der Waals surface area contributed by atoms with E-state index < -0.39 is 16.5 Å². The number of fused-ring (bicyclic) bond motifs is 6. The van der Waals surface area contributed by atoms with Crippen LogP contribution in [0.2, 0.25) is 0 Å². The molecule has 202 valence electrons. The number of pyridine rings is 1. The van der Waals surface area contributed by atoms with Crippen molar-refractivity contribution in [3.8, 4) is 11.3 Å². The zero-order valence-electron chi connectivity index (χ0n) is 22.8. The van der Waals surface area contributed by atoms with Crippen molar-refractivity contribution in [2.45, 2.75) is 37.8 Å². The van der Waals surface area contributed by atoms with E-state index in [1.165, 1.54) is 0 Å². The lowest BCUT2D eigenvalue weighted by Gasteiger charge is -2.26. The highest BCUT2D eigenvalue weighted by Crippen LogP contribution is 2.52. The molecule has 0 radical (unpaired) electrons. The number of ketones is 1. The highest BCUT2D eigenvalue weighted by atomic mass is 16.4. The number of hydrogen-bond acceptors (Lipinski definition) is 7. The fraction of sp³-hybridized carbons (Fsp3) is 0.242. The highest BCUT2D eigenvalue weighted by Gasteiger charge is 2.61. The first-order chi connectivity index (χ1) is 19.8. The fourth-order valence-corrected chi connectivity index (χ4v) is 6.21. The molecule has 3 aromatic rings. The number of carbonyl (C=O) groups excluding carboxylic acids is 1. The maximum absolute atomic E-state index is 14.3. The van der Waals surface area contributed by atoms with Gasteiger partial charge in [-0.1, -0.05) is 0 Å². The third-order valence-electron chi connectivity index (χ3n) is 8.56. The Morgan fingerprint density at radius 3 is 2.59 bits per heavy atom. The molecule has 2 atom stereocenters. The zero-order chi connectivity index (χ0) is 27.8. The van der Waals surface area contributed by atoms with Gasteiger partial charge in [0.25, 0.3) is 0 Å². The number of carbonyl (C=O) groups is 1. The molecule has 1 aliphatic carbocycles. The monoisotopic (exact) mass is 540 g/mol. The second kappa shape index (κ2) is 8.33. The summed E-state index contributed by atoms with van der Waals surface area (Å²) in [6, 6.07) is 7.84. The molecule has 2 N–H and O–H groups in total. The summed E-state index contributed by atoms with van der Waals surface area (Å²) in [5.74, 6) is 1.37. The molecular formula is C33H28N6O2. The molecule has 1 saturated carbocycles. The molecule has 8 rings (SSSR count). The first-order valence-corrected chi connectivity index (χ1v) is 13.9. The first kappa shape index (κ1) is 24.0. The topological polar surface area (TPSA) is 109 Å². The third-order valence-corrected chi connectivity index (χ3v) is 8.56. The molecule has 8 nitrogen and oxygen atoms in total. The minimum atomic E-state index is -1.05. The Morgan fingerprint density at radius 1 is 0.976 bits per heavy atom. The zero-order valence-corrected chi connectivity index (χ0v) is 22.8. The molecule has 0 aromatic carbocycles. The molecule has 4 aliphatic heterocycles. The number of aromatic nitrogens is 3. The summed E-state index contributed by atoms with van der Waals surface area (Å²) in [5, 5.41) is 5.56. The number of allylic oxidation sites excluding steroid dienone is 4. The number of hydrogen-bond donors (Lipinski definition) is 2. The number of aromatic amines is 1. The lowest BCUT2D eigenvalue weighted by atomic mass is 9.77. The number of nitrogens with one attached hydrogen (secondary N) is 2. The summed E-state index contributed by atoms with van der Waals surface area (Å²) >= 11 is 0. The van der Waals surface area contributed by atoms with Gasteiger partial charge in [0.1, 0.15) is 5.54 Å². The molecule has 0 spiro atoms. The van der Waals surface area contributed by atoms with Crippen molar-refractivity contribution in [3.63, 3.8) is 0 Å². The van der Waals surface area contributed by atoms with Crippen LogP contribution < -0.4 is 16.0 Å². The van der Waals surface area contributed by atoms with Crippen molar-refractivity contribution < 1.29 is 9.21 Å². The van der Waals surface area contributed by atoms with Gasteiger partial charge in [0.15, 0.2) is 17.1 Å². The van der Waals surface area contributed by atoms with E-state index in [0.717, 1.165) is 51.9 Å². The number of oxazole rings is 1. The number of aliphatic imine (C=N–C) groups is 2. The van der Waals surface area contributed by atoms with E-state index in [9.17, 15) is 4.79 Å². The van der Waals surface area contributed by atoms with Crippen LogP contribution in [0.5, 0.6) is 0 Å². The van der Waals surface area contributed by atoms with E-state index in [2.05, 4.69) is 15.3 Å². The highest BCUT2D eigenvalue weighted by molar-refractivity contribution is 6.20. The summed E-state index contributed by atoms with van der Waals surface area (Å²) in [6.45, 7) is 3.97. The summed E-state index contributed by atoms with van der Waals surface area (Å²) in [5.41, 5.74) is 1.35. The van der Waals surface area contributed by atoms with Crippen molar-refractivity contribution in [1.82, 2.24) is 20.3 Å². The summed E-state index contributed by atoms with van der Waals surface area (Å²) in [7, 11) is 0. The van der Waals surface area contributed by atoms with Gasteiger partial charge in [0, 0.05) is 34.4 Å². The Hall–Kier alpha value is -4.85. The van der Waals surface area contributed by atoms with Crippen LogP contribution in [0.4, 0.5) is 0 Å². The predicted molar refractivity (Wildman–Crippen MR) is 157 cm³/mol. The molecule has 8 bridgehead atoms. The summed E-state index contributed by atoms with van der Waals surface area (Å²) in [4.78, 5) is 36.7. The molecule has 2 unspecified atom stereocenters. The van der Waals surface area contributed by atoms with Crippen LogP contribution in [-0.2, 0) is 10.3 Å². The van der Waals surface area contributed by atoms with Crippen molar-refractivity contribution in [2.75, 3.05) is 0 Å². The molecule has 5 aliphatic rings. The Balaban J connectivity index is 1.36. The lowest BCUT2D eigenvalue weighted by molar-refractivity contribution is -0.127. The van der Waals surface area contributed by atoms with Crippen LogP contribution in [0.15, 0.2) is 105 Å². The minimum Gasteiger partial charge on any atom is -0.437 e. The predicted octanol–water partition coefficient (Wildman–Crippen LogP) is 3.67. The maximum Gasteiger partial charge on any atom is 0.230 e. The van der Waals surface area contributed by atoms with E-state index in [0.29, 0.717) is 11.7 Å². The van der Waals surface area contributed by atoms with Gasteiger partial charge >= 0.3 is 0 Å². The molecule has 0 amide bonds. The van der Waals surface area contributed by atoms with Gasteiger partial charge in [0.05, 0.1) is 28.7 Å². The Kier molecular flexibility index (Phi) is 4.87. The van der Waals surface area contributed by atoms with Crippen molar-refractivity contribution >= 4 is 29.4 Å². The van der Waals surface area contributed by atoms with Gasteiger partial charge < -0.3 is 14.7 Å². The van der Waals surface area contributed by atoms with Crippen molar-refractivity contribution in [1.29, 1.82) is 0 Å². The average molecular weight is 541 g/mol. The standard InChI is InChI=1S/C33H28N6O2/c1-31(2)28-17-32(30-35-19-27(41-30)20-4-3-13-34-18-20)12-11-25(38-32)15-24-8-7-22(36-24)14-23-9-10-26(37-23)16-33(39-28,29(31)40)21-5-6-21/h3-4,7-19,21,36,39H,5-6H2,1-2H3. The normalized spacial score (nSPS) is 27.4. The van der Waals surface area contributed by atoms with Gasteiger partial charge in [-0.15, -0.1) is 0 Å². The van der Waals surface area contributed by atoms with E-state index in [-0.39, 0.29) is 11.7 Å². The minimum absolute atomic E-state index is 0.140. The number of rotatable bonds is 3. The molecule has 8 heteroatoms. The number of Topliss-reactive ketones (excluding diaryl/α,β-unsaturated/α-hetero) is 1. The number of nitrogens with zero attached hydrogens (tertiary/aromatic N) is 4. The second-order valence-corrected chi connectivity index (χ2v) is 11.8. The van der Waals surface area contributed by atoms with E-state index in [1.54, 1.807) is 18.6 Å². The fourth-order valence-electron chi connectivity index (χ4n) is 6.21. The smallest absolute Gasteiger partial charge is 0.230 e. The number of H-pyrrole nitrogens is 1. The quantitative estimate of drug-likeness (QED) is 0.527. The first-order valence-electron chi connectivity index (χ1n) is 13.9. The Morgan fingerprint density at radius 2 is 1.80 bits per heavy atom. The van der Waals surface area contributed by atoms with Crippen LogP contribution in [0.3, 0.4) is 0 Å². The maximum atomic E-state index is 14.3. The third kappa shape index (κ3) is 3.78. The molecule has 7 heterocycles. The Labute approximate surface area is 236 Å². The second-order valence-electron chi connectivity index (χ2n) is 11.8. The van der Waals surface area contributed by atoms with E-state index in [4.69, 9.17) is 19.4 Å². The lowest BCUT2D eigenvalue weighted by Crippen LogP contribution is -2.47. The van der Waals surface area contributed by atoms with Crippen molar-refractivity contribution in [2.24, 2.45) is 21.3 Å². The van der Waals surface area contributed by atoms with Gasteiger partial charge in [-0.05, 0) is 105 Å². The van der Waals surface area contributed by atoms with Crippen LogP contribution in [0, 0.1) is 11.3 Å². The molecule has 41 heavy (non-hydrogen) atoms. The van der Waals surface area contributed by atoms with Crippen LogP contribution in [0.1, 0.15) is 32.6 Å². The SMILES string of the molecule is CC1(C)C(=O)C2(C3CC3)C=C3C=CC(=N3)C=c3ccc([nH]3)=CC3=NC(c4ncc(-c5cccnc5)o4)(C=C3)C=C1N2. The van der Waals surface area contributed by atoms with Gasteiger partial charge in [-0.3, -0.25) is 14.8 Å². The molecular weight excluding hydrogens is 512 g/mol. The molecule has 3 aromatic heterocycles.